The lowest BCUT2D eigenvalue weighted by atomic mass is 9.83. The number of hydrogen-bond acceptors (Lipinski definition) is 7. The third-order valence-electron chi connectivity index (χ3n) is 8.93. The minimum Gasteiger partial charge on any atom is -0.351 e. The summed E-state index contributed by atoms with van der Waals surface area (Å²) < 4.78 is 2.30. The number of hydrazine groups is 1. The van der Waals surface area contributed by atoms with Crippen molar-refractivity contribution in [1.29, 1.82) is 0 Å². The summed E-state index contributed by atoms with van der Waals surface area (Å²) in [6.45, 7) is 4.38. The van der Waals surface area contributed by atoms with E-state index in [1.54, 1.807) is 0 Å². The minimum atomic E-state index is 0.328. The molecule has 37 heavy (non-hydrogen) atoms. The summed E-state index contributed by atoms with van der Waals surface area (Å²) in [6.07, 6.45) is 13.5. The number of benzene rings is 1. The highest BCUT2D eigenvalue weighted by Crippen LogP contribution is 2.34. The van der Waals surface area contributed by atoms with Crippen molar-refractivity contribution < 1.29 is 0 Å². The van der Waals surface area contributed by atoms with E-state index in [4.69, 9.17) is 20.7 Å². The first kappa shape index (κ1) is 24.6. The molecule has 2 aromatic heterocycles. The molecular weight excluding hydrogens is 460 g/mol. The van der Waals surface area contributed by atoms with Crippen molar-refractivity contribution in [3.05, 3.63) is 42.2 Å². The van der Waals surface area contributed by atoms with Crippen LogP contribution in [0.1, 0.15) is 76.3 Å². The lowest BCUT2D eigenvalue weighted by Gasteiger charge is -2.37. The number of fused-ring (bicyclic) bond motifs is 1. The number of nitrogens with one attached hydrogen (secondary N) is 2. The summed E-state index contributed by atoms with van der Waals surface area (Å²) in [6, 6.07) is 12.1. The minimum absolute atomic E-state index is 0.328. The van der Waals surface area contributed by atoms with Gasteiger partial charge < -0.3 is 21.0 Å². The van der Waals surface area contributed by atoms with E-state index in [9.17, 15) is 0 Å². The molecule has 2 saturated carbocycles. The lowest BCUT2D eigenvalue weighted by Crippen LogP contribution is -2.43. The van der Waals surface area contributed by atoms with E-state index in [1.807, 2.05) is 6.33 Å². The van der Waals surface area contributed by atoms with Crippen LogP contribution in [-0.4, -0.2) is 49.7 Å². The molecule has 1 saturated heterocycles. The molecular formula is C29H42N8. The highest BCUT2D eigenvalue weighted by Gasteiger charge is 2.28. The van der Waals surface area contributed by atoms with Gasteiger partial charge in [-0.2, -0.15) is 9.97 Å². The Labute approximate surface area is 220 Å². The SMILES string of the molecule is C[C@H]1CN(Nc2nc(N[C@H]3CC[C@H](N)CC3)nc3c2ncn3C2CCCC2)CC[C@@H]1Cc1ccccc1. The maximum atomic E-state index is 6.15. The second-order valence-corrected chi connectivity index (χ2v) is 11.7. The largest absolute Gasteiger partial charge is 0.351 e. The average molecular weight is 503 g/mol. The zero-order valence-electron chi connectivity index (χ0n) is 22.1. The summed E-state index contributed by atoms with van der Waals surface area (Å²) in [5, 5.41) is 5.98. The van der Waals surface area contributed by atoms with Crippen molar-refractivity contribution in [3.63, 3.8) is 0 Å². The smallest absolute Gasteiger partial charge is 0.227 e. The van der Waals surface area contributed by atoms with Crippen LogP contribution in [0.25, 0.3) is 11.2 Å². The van der Waals surface area contributed by atoms with E-state index >= 15 is 0 Å². The van der Waals surface area contributed by atoms with Crippen LogP contribution < -0.4 is 16.5 Å². The maximum absolute atomic E-state index is 6.15. The molecule has 0 radical (unpaired) electrons. The van der Waals surface area contributed by atoms with Crippen LogP contribution in [-0.2, 0) is 6.42 Å². The van der Waals surface area contributed by atoms with Gasteiger partial charge in [0.1, 0.15) is 0 Å². The monoisotopic (exact) mass is 502 g/mol. The fourth-order valence-electron chi connectivity index (χ4n) is 6.62. The molecule has 3 aliphatic rings. The van der Waals surface area contributed by atoms with Crippen LogP contribution in [0.15, 0.2) is 36.7 Å². The Balaban J connectivity index is 1.21. The molecule has 8 heteroatoms. The van der Waals surface area contributed by atoms with Gasteiger partial charge in [-0.3, -0.25) is 0 Å². The topological polar surface area (TPSA) is 96.9 Å². The molecule has 1 aromatic carbocycles. The summed E-state index contributed by atoms with van der Waals surface area (Å²) in [5.74, 6) is 2.83. The summed E-state index contributed by atoms with van der Waals surface area (Å²) in [4.78, 5) is 14.8. The number of aromatic nitrogens is 4. The second kappa shape index (κ2) is 11.0. The van der Waals surface area contributed by atoms with Crippen molar-refractivity contribution in [1.82, 2.24) is 24.5 Å². The van der Waals surface area contributed by atoms with Gasteiger partial charge in [0.15, 0.2) is 17.0 Å². The van der Waals surface area contributed by atoms with Gasteiger partial charge in [0.05, 0.1) is 6.33 Å². The Morgan fingerprint density at radius 1 is 0.973 bits per heavy atom. The maximum Gasteiger partial charge on any atom is 0.227 e. The molecule has 3 heterocycles. The van der Waals surface area contributed by atoms with E-state index in [0.29, 0.717) is 35.9 Å². The third kappa shape index (κ3) is 5.60. The van der Waals surface area contributed by atoms with E-state index in [1.165, 1.54) is 37.7 Å². The molecule has 0 unspecified atom stereocenters. The van der Waals surface area contributed by atoms with Gasteiger partial charge in [-0.05, 0) is 68.8 Å². The van der Waals surface area contributed by atoms with Gasteiger partial charge in [0.25, 0.3) is 0 Å². The van der Waals surface area contributed by atoms with Crippen LogP contribution in [0.3, 0.4) is 0 Å². The zero-order valence-corrected chi connectivity index (χ0v) is 22.1. The number of nitrogens with two attached hydrogens (primary N) is 1. The first-order valence-corrected chi connectivity index (χ1v) is 14.4. The first-order valence-electron chi connectivity index (χ1n) is 14.4. The normalized spacial score (nSPS) is 27.5. The average Bonchev–Trinajstić information content (AvgIpc) is 3.58. The number of anilines is 2. The number of rotatable bonds is 7. The van der Waals surface area contributed by atoms with Crippen molar-refractivity contribution in [2.75, 3.05) is 23.8 Å². The van der Waals surface area contributed by atoms with E-state index < -0.39 is 0 Å². The van der Waals surface area contributed by atoms with Crippen molar-refractivity contribution in [2.24, 2.45) is 17.6 Å². The van der Waals surface area contributed by atoms with E-state index in [0.717, 1.165) is 62.2 Å². The molecule has 0 spiro atoms. The van der Waals surface area contributed by atoms with Gasteiger partial charge in [-0.15, -0.1) is 0 Å². The van der Waals surface area contributed by atoms with Crippen molar-refractivity contribution >= 4 is 22.9 Å². The van der Waals surface area contributed by atoms with Gasteiger partial charge in [-0.25, -0.2) is 9.99 Å². The molecule has 2 aliphatic carbocycles. The quantitative estimate of drug-likeness (QED) is 0.411. The predicted octanol–water partition coefficient (Wildman–Crippen LogP) is 5.15. The number of nitrogens with zero attached hydrogens (tertiary/aromatic N) is 5. The van der Waals surface area contributed by atoms with Gasteiger partial charge in [0, 0.05) is 31.2 Å². The Morgan fingerprint density at radius 3 is 2.51 bits per heavy atom. The second-order valence-electron chi connectivity index (χ2n) is 11.7. The Hall–Kier alpha value is -2.71. The Bertz CT molecular complexity index is 1160. The van der Waals surface area contributed by atoms with Crippen LogP contribution in [0.2, 0.25) is 0 Å². The van der Waals surface area contributed by atoms with Gasteiger partial charge >= 0.3 is 0 Å². The molecule has 3 aromatic rings. The molecule has 0 amide bonds. The molecule has 8 nitrogen and oxygen atoms in total. The lowest BCUT2D eigenvalue weighted by molar-refractivity contribution is 0.152. The van der Waals surface area contributed by atoms with Crippen LogP contribution in [0.4, 0.5) is 11.8 Å². The molecule has 198 valence electrons. The zero-order chi connectivity index (χ0) is 25.2. The van der Waals surface area contributed by atoms with Crippen molar-refractivity contribution in [3.8, 4) is 0 Å². The fraction of sp³-hybridized carbons (Fsp3) is 0.621. The highest BCUT2D eigenvalue weighted by molar-refractivity contribution is 5.84. The van der Waals surface area contributed by atoms with Crippen molar-refractivity contribution in [2.45, 2.75) is 89.3 Å². The molecule has 3 fully saturated rings. The van der Waals surface area contributed by atoms with E-state index in [2.05, 4.69) is 57.6 Å². The first-order chi connectivity index (χ1) is 18.1. The van der Waals surface area contributed by atoms with Crippen LogP contribution >= 0.6 is 0 Å². The summed E-state index contributed by atoms with van der Waals surface area (Å²) in [7, 11) is 0. The van der Waals surface area contributed by atoms with Gasteiger partial charge in [0.2, 0.25) is 5.95 Å². The van der Waals surface area contributed by atoms with Gasteiger partial charge in [-0.1, -0.05) is 50.1 Å². The fourth-order valence-corrected chi connectivity index (χ4v) is 6.62. The van der Waals surface area contributed by atoms with Crippen LogP contribution in [0.5, 0.6) is 0 Å². The standard InChI is InChI=1S/C29H42N8/c1-20-18-36(16-15-22(20)17-21-7-3-2-4-8-21)35-27-26-28(37(19-31-26)25-9-5-6-10-25)34-29(33-27)32-24-13-11-23(30)12-14-24/h2-4,7-8,19-20,22-25H,5-6,9-18,30H2,1H3,(H2,32,33,34,35)/t20-,22+,23-,24-/m0/s1. The molecule has 1 aliphatic heterocycles. The highest BCUT2D eigenvalue weighted by atomic mass is 15.5. The van der Waals surface area contributed by atoms with Crippen LogP contribution in [0, 0.1) is 11.8 Å². The number of imidazole rings is 1. The summed E-state index contributed by atoms with van der Waals surface area (Å²) >= 11 is 0. The molecule has 0 bridgehead atoms. The van der Waals surface area contributed by atoms with E-state index in [-0.39, 0.29) is 0 Å². The third-order valence-corrected chi connectivity index (χ3v) is 8.93. The predicted molar refractivity (Wildman–Crippen MR) is 149 cm³/mol. The Morgan fingerprint density at radius 2 is 1.76 bits per heavy atom. The number of hydrogen-bond donors (Lipinski definition) is 3. The Kier molecular flexibility index (Phi) is 7.29. The molecule has 4 N–H and O–H groups in total. The summed E-state index contributed by atoms with van der Waals surface area (Å²) in [5.41, 5.74) is 13.1. The molecule has 6 rings (SSSR count). The molecule has 2 atom stereocenters. The number of piperidine rings is 1.